The molecule has 2 N–H and O–H groups in total. The standard InChI is InChI=1S/C16H13BrN2O4/c17-13-9-5-4-8-12(13)15(21)19-18-14(20)10-23-16(22)11-6-2-1-3-7-11/h1-9H,10H2,(H,18,20)(H,19,21). The number of hydrazine groups is 1. The van der Waals surface area contributed by atoms with Crippen LogP contribution in [0.25, 0.3) is 0 Å². The maximum absolute atomic E-state index is 11.9. The fraction of sp³-hybridized carbons (Fsp3) is 0.0625. The Morgan fingerprint density at radius 3 is 2.26 bits per heavy atom. The predicted octanol–water partition coefficient (Wildman–Crippen LogP) is 2.07. The Labute approximate surface area is 140 Å². The quantitative estimate of drug-likeness (QED) is 0.631. The molecule has 0 aliphatic heterocycles. The van der Waals surface area contributed by atoms with Gasteiger partial charge in [-0.05, 0) is 40.2 Å². The Balaban J connectivity index is 1.78. The molecule has 0 saturated carbocycles. The fourth-order valence-electron chi connectivity index (χ4n) is 1.66. The minimum atomic E-state index is -0.644. The second-order valence-corrected chi connectivity index (χ2v) is 5.28. The lowest BCUT2D eigenvalue weighted by Crippen LogP contribution is -2.43. The highest BCUT2D eigenvalue weighted by Gasteiger charge is 2.12. The minimum Gasteiger partial charge on any atom is -0.452 e. The van der Waals surface area contributed by atoms with Crippen molar-refractivity contribution < 1.29 is 19.1 Å². The molecule has 0 aliphatic carbocycles. The first-order valence-electron chi connectivity index (χ1n) is 6.64. The zero-order valence-corrected chi connectivity index (χ0v) is 13.5. The molecule has 0 saturated heterocycles. The topological polar surface area (TPSA) is 84.5 Å². The summed E-state index contributed by atoms with van der Waals surface area (Å²) in [7, 11) is 0. The number of amides is 2. The molecule has 0 aromatic heterocycles. The van der Waals surface area contributed by atoms with E-state index in [1.54, 1.807) is 54.6 Å². The minimum absolute atomic E-state index is 0.345. The average molecular weight is 377 g/mol. The predicted molar refractivity (Wildman–Crippen MR) is 86.5 cm³/mol. The van der Waals surface area contributed by atoms with Crippen LogP contribution >= 0.6 is 15.9 Å². The van der Waals surface area contributed by atoms with Crippen LogP contribution < -0.4 is 10.9 Å². The number of nitrogens with one attached hydrogen (secondary N) is 2. The molecule has 0 unspecified atom stereocenters. The fourth-order valence-corrected chi connectivity index (χ4v) is 2.13. The van der Waals surface area contributed by atoms with E-state index in [0.29, 0.717) is 15.6 Å². The number of carbonyl (C=O) groups excluding carboxylic acids is 3. The van der Waals surface area contributed by atoms with Crippen molar-refractivity contribution in [2.75, 3.05) is 6.61 Å². The Morgan fingerprint density at radius 1 is 0.913 bits per heavy atom. The Kier molecular flexibility index (Phi) is 5.87. The third-order valence-electron chi connectivity index (χ3n) is 2.78. The molecular formula is C16H13BrN2O4. The van der Waals surface area contributed by atoms with Crippen molar-refractivity contribution in [1.82, 2.24) is 10.9 Å². The van der Waals surface area contributed by atoms with Crippen LogP contribution in [0.1, 0.15) is 20.7 Å². The number of halogens is 1. The molecule has 0 fully saturated rings. The van der Waals surface area contributed by atoms with Gasteiger partial charge in [-0.2, -0.15) is 0 Å². The number of esters is 1. The Bertz CT molecular complexity index is 719. The SMILES string of the molecule is O=C(COC(=O)c1ccccc1)NNC(=O)c1ccccc1Br. The smallest absolute Gasteiger partial charge is 0.338 e. The van der Waals surface area contributed by atoms with Crippen molar-refractivity contribution in [1.29, 1.82) is 0 Å². The van der Waals surface area contributed by atoms with Gasteiger partial charge in [0.25, 0.3) is 11.8 Å². The molecule has 0 bridgehead atoms. The van der Waals surface area contributed by atoms with Crippen molar-refractivity contribution in [3.63, 3.8) is 0 Å². The van der Waals surface area contributed by atoms with Crippen LogP contribution in [-0.4, -0.2) is 24.4 Å². The molecule has 118 valence electrons. The second-order valence-electron chi connectivity index (χ2n) is 4.42. The van der Waals surface area contributed by atoms with Gasteiger partial charge in [0.2, 0.25) is 0 Å². The largest absolute Gasteiger partial charge is 0.452 e. The normalized spacial score (nSPS) is 9.78. The summed E-state index contributed by atoms with van der Waals surface area (Å²) in [6.45, 7) is -0.496. The van der Waals surface area contributed by atoms with Gasteiger partial charge in [0.05, 0.1) is 11.1 Å². The van der Waals surface area contributed by atoms with Crippen molar-refractivity contribution in [2.24, 2.45) is 0 Å². The molecule has 2 amide bonds. The van der Waals surface area contributed by atoms with Crippen molar-refractivity contribution in [3.05, 3.63) is 70.2 Å². The zero-order chi connectivity index (χ0) is 16.7. The van der Waals surface area contributed by atoms with Crippen LogP contribution in [0.3, 0.4) is 0 Å². The summed E-state index contributed by atoms with van der Waals surface area (Å²) in [6.07, 6.45) is 0. The number of benzene rings is 2. The molecule has 23 heavy (non-hydrogen) atoms. The van der Waals surface area contributed by atoms with E-state index >= 15 is 0 Å². The Morgan fingerprint density at radius 2 is 1.57 bits per heavy atom. The number of hydrogen-bond donors (Lipinski definition) is 2. The van der Waals surface area contributed by atoms with Gasteiger partial charge in [-0.25, -0.2) is 4.79 Å². The first-order valence-corrected chi connectivity index (χ1v) is 7.43. The van der Waals surface area contributed by atoms with E-state index in [2.05, 4.69) is 26.8 Å². The third kappa shape index (κ3) is 4.93. The average Bonchev–Trinajstić information content (AvgIpc) is 2.58. The lowest BCUT2D eigenvalue weighted by Gasteiger charge is -2.09. The van der Waals surface area contributed by atoms with E-state index < -0.39 is 24.4 Å². The molecule has 0 atom stereocenters. The van der Waals surface area contributed by atoms with Crippen LogP contribution in [-0.2, 0) is 9.53 Å². The van der Waals surface area contributed by atoms with Crippen molar-refractivity contribution >= 4 is 33.7 Å². The number of carbonyl (C=O) groups is 3. The molecule has 6 nitrogen and oxygen atoms in total. The summed E-state index contributed by atoms with van der Waals surface area (Å²) in [5.74, 6) is -1.74. The van der Waals surface area contributed by atoms with Gasteiger partial charge in [0.15, 0.2) is 6.61 Å². The van der Waals surface area contributed by atoms with Gasteiger partial charge in [0, 0.05) is 4.47 Å². The maximum Gasteiger partial charge on any atom is 0.338 e. The van der Waals surface area contributed by atoms with Gasteiger partial charge in [-0.3, -0.25) is 20.4 Å². The molecule has 2 aromatic rings. The molecular weight excluding hydrogens is 364 g/mol. The summed E-state index contributed by atoms with van der Waals surface area (Å²) in [4.78, 5) is 35.1. The molecule has 2 aromatic carbocycles. The number of hydrogen-bond acceptors (Lipinski definition) is 4. The summed E-state index contributed by atoms with van der Waals surface area (Å²) in [5.41, 5.74) is 5.14. The zero-order valence-electron chi connectivity index (χ0n) is 11.9. The van der Waals surface area contributed by atoms with Crippen molar-refractivity contribution in [3.8, 4) is 0 Å². The van der Waals surface area contributed by atoms with Crippen LogP contribution in [0.2, 0.25) is 0 Å². The van der Waals surface area contributed by atoms with Crippen LogP contribution in [0.4, 0.5) is 0 Å². The van der Waals surface area contributed by atoms with E-state index in [9.17, 15) is 14.4 Å². The summed E-state index contributed by atoms with van der Waals surface area (Å²) < 4.78 is 5.44. The highest BCUT2D eigenvalue weighted by atomic mass is 79.9. The molecule has 0 spiro atoms. The molecule has 0 heterocycles. The van der Waals surface area contributed by atoms with Gasteiger partial charge in [0.1, 0.15) is 0 Å². The first-order chi connectivity index (χ1) is 11.1. The van der Waals surface area contributed by atoms with E-state index in [1.807, 2.05) is 0 Å². The highest BCUT2D eigenvalue weighted by molar-refractivity contribution is 9.10. The second kappa shape index (κ2) is 8.09. The van der Waals surface area contributed by atoms with Gasteiger partial charge in [-0.1, -0.05) is 30.3 Å². The molecule has 2 rings (SSSR count). The summed E-state index contributed by atoms with van der Waals surface area (Å²) >= 11 is 3.24. The van der Waals surface area contributed by atoms with E-state index in [0.717, 1.165) is 0 Å². The van der Waals surface area contributed by atoms with Gasteiger partial charge < -0.3 is 4.74 Å². The van der Waals surface area contributed by atoms with Crippen LogP contribution in [0, 0.1) is 0 Å². The molecule has 0 aliphatic rings. The number of ether oxygens (including phenoxy) is 1. The highest BCUT2D eigenvalue weighted by Crippen LogP contribution is 2.15. The molecule has 0 radical (unpaired) electrons. The number of rotatable bonds is 4. The van der Waals surface area contributed by atoms with E-state index in [-0.39, 0.29) is 0 Å². The van der Waals surface area contributed by atoms with Crippen molar-refractivity contribution in [2.45, 2.75) is 0 Å². The van der Waals surface area contributed by atoms with Gasteiger partial charge >= 0.3 is 5.97 Å². The van der Waals surface area contributed by atoms with E-state index in [4.69, 9.17) is 4.74 Å². The lowest BCUT2D eigenvalue weighted by molar-refractivity contribution is -0.125. The maximum atomic E-state index is 11.9. The summed E-state index contributed by atoms with van der Waals surface area (Å²) in [6, 6.07) is 15.1. The van der Waals surface area contributed by atoms with Gasteiger partial charge in [-0.15, -0.1) is 0 Å². The molecule has 7 heteroatoms. The van der Waals surface area contributed by atoms with Crippen LogP contribution in [0.5, 0.6) is 0 Å². The Hall–Kier alpha value is -2.67. The van der Waals surface area contributed by atoms with Crippen LogP contribution in [0.15, 0.2) is 59.1 Å². The third-order valence-corrected chi connectivity index (χ3v) is 3.47. The lowest BCUT2D eigenvalue weighted by atomic mass is 10.2. The monoisotopic (exact) mass is 376 g/mol. The summed E-state index contributed by atoms with van der Waals surface area (Å²) in [5, 5.41) is 0. The first kappa shape index (κ1) is 16.7. The van der Waals surface area contributed by atoms with E-state index in [1.165, 1.54) is 0 Å².